The third kappa shape index (κ3) is 5.06. The van der Waals surface area contributed by atoms with Gasteiger partial charge in [0.2, 0.25) is 0 Å². The molecule has 1 aromatic carbocycles. The molecule has 2 aromatic rings. The normalized spacial score (nSPS) is 17.7. The standard InChI is InChI=1S/C20H20BrClN2O2S2/c1-11(2)23-20-24(12(3)4)18(25)17(28-20)10-14-9-16(21)19(26-14)27-15-7-5-13(22)6-8-15/h5-12H,1-4H3/b17-10+,23-20?. The molecule has 0 saturated carbocycles. The zero-order valence-electron chi connectivity index (χ0n) is 15.9. The Hall–Kier alpha value is -1.15. The van der Waals surface area contributed by atoms with E-state index in [1.54, 1.807) is 11.0 Å². The summed E-state index contributed by atoms with van der Waals surface area (Å²) >= 11 is 12.4. The highest BCUT2D eigenvalue weighted by Crippen LogP contribution is 2.39. The van der Waals surface area contributed by atoms with E-state index in [4.69, 9.17) is 16.0 Å². The fraction of sp³-hybridized carbons (Fsp3) is 0.300. The molecule has 1 amide bonds. The van der Waals surface area contributed by atoms with Crippen molar-refractivity contribution in [3.63, 3.8) is 0 Å². The van der Waals surface area contributed by atoms with Gasteiger partial charge in [-0.25, -0.2) is 0 Å². The first-order valence-electron chi connectivity index (χ1n) is 8.78. The topological polar surface area (TPSA) is 45.8 Å². The minimum atomic E-state index is -0.0428. The second kappa shape index (κ2) is 9.11. The predicted molar refractivity (Wildman–Crippen MR) is 122 cm³/mol. The molecular weight excluding hydrogens is 480 g/mol. The third-order valence-electron chi connectivity index (χ3n) is 3.69. The van der Waals surface area contributed by atoms with Crippen molar-refractivity contribution in [3.05, 3.63) is 50.5 Å². The first kappa shape index (κ1) is 21.6. The summed E-state index contributed by atoms with van der Waals surface area (Å²) in [5.74, 6) is 0.576. The van der Waals surface area contributed by atoms with E-state index < -0.39 is 0 Å². The number of carbonyl (C=O) groups is 1. The van der Waals surface area contributed by atoms with E-state index in [1.807, 2.05) is 58.0 Å². The Labute approximate surface area is 186 Å². The molecule has 1 fully saturated rings. The average Bonchev–Trinajstić information content (AvgIpc) is 3.09. The Balaban J connectivity index is 1.85. The molecule has 2 heterocycles. The van der Waals surface area contributed by atoms with Crippen molar-refractivity contribution < 1.29 is 9.21 Å². The fourth-order valence-electron chi connectivity index (χ4n) is 2.50. The van der Waals surface area contributed by atoms with Gasteiger partial charge in [-0.2, -0.15) is 0 Å². The highest BCUT2D eigenvalue weighted by molar-refractivity contribution is 9.10. The van der Waals surface area contributed by atoms with Crippen molar-refractivity contribution >= 4 is 68.2 Å². The number of rotatable bonds is 5. The molecule has 0 unspecified atom stereocenters. The maximum Gasteiger partial charge on any atom is 0.267 e. The van der Waals surface area contributed by atoms with Crippen LogP contribution in [-0.4, -0.2) is 28.1 Å². The smallest absolute Gasteiger partial charge is 0.267 e. The van der Waals surface area contributed by atoms with Crippen LogP contribution in [0.1, 0.15) is 33.5 Å². The number of thioether (sulfide) groups is 1. The highest BCUT2D eigenvalue weighted by atomic mass is 79.9. The fourth-order valence-corrected chi connectivity index (χ4v) is 5.17. The highest BCUT2D eigenvalue weighted by Gasteiger charge is 2.35. The van der Waals surface area contributed by atoms with Gasteiger partial charge in [-0.15, -0.1) is 0 Å². The van der Waals surface area contributed by atoms with Crippen molar-refractivity contribution in [1.82, 2.24) is 4.90 Å². The van der Waals surface area contributed by atoms with Crippen LogP contribution in [-0.2, 0) is 4.79 Å². The molecule has 0 radical (unpaired) electrons. The second-order valence-electron chi connectivity index (χ2n) is 6.73. The van der Waals surface area contributed by atoms with Crippen molar-refractivity contribution in [2.75, 3.05) is 0 Å². The van der Waals surface area contributed by atoms with Crippen LogP contribution in [0.15, 0.2) is 59.1 Å². The molecule has 0 atom stereocenters. The van der Waals surface area contributed by atoms with Gasteiger partial charge in [0, 0.05) is 28.1 Å². The van der Waals surface area contributed by atoms with Crippen LogP contribution in [0, 0.1) is 0 Å². The van der Waals surface area contributed by atoms with Gasteiger partial charge in [0.15, 0.2) is 10.3 Å². The van der Waals surface area contributed by atoms with Crippen molar-refractivity contribution in [2.45, 2.75) is 49.8 Å². The number of hydrogen-bond acceptors (Lipinski definition) is 5. The summed E-state index contributed by atoms with van der Waals surface area (Å²) in [5.41, 5.74) is 0. The summed E-state index contributed by atoms with van der Waals surface area (Å²) in [6.07, 6.45) is 1.78. The Morgan fingerprint density at radius 2 is 1.93 bits per heavy atom. The molecule has 8 heteroatoms. The summed E-state index contributed by atoms with van der Waals surface area (Å²) in [6, 6.07) is 9.59. The van der Waals surface area contributed by atoms with E-state index in [2.05, 4.69) is 20.9 Å². The lowest BCUT2D eigenvalue weighted by Gasteiger charge is -2.20. The van der Waals surface area contributed by atoms with E-state index in [-0.39, 0.29) is 18.0 Å². The maximum atomic E-state index is 12.8. The molecule has 3 rings (SSSR count). The van der Waals surface area contributed by atoms with Crippen LogP contribution in [0.2, 0.25) is 5.02 Å². The first-order chi connectivity index (χ1) is 13.2. The number of nitrogens with zero attached hydrogens (tertiary/aromatic N) is 2. The van der Waals surface area contributed by atoms with E-state index >= 15 is 0 Å². The molecule has 0 N–H and O–H groups in total. The Morgan fingerprint density at radius 1 is 1.25 bits per heavy atom. The number of carbonyl (C=O) groups excluding carboxylic acids is 1. The molecule has 0 aliphatic carbocycles. The van der Waals surface area contributed by atoms with E-state index in [0.29, 0.717) is 15.7 Å². The minimum Gasteiger partial charge on any atom is -0.449 e. The molecular formula is C20H20BrClN2O2S2. The lowest BCUT2D eigenvalue weighted by atomic mass is 10.3. The van der Waals surface area contributed by atoms with Crippen LogP contribution in [0.25, 0.3) is 6.08 Å². The SMILES string of the molecule is CC(C)N=C1S/C(=C/c2cc(Br)c(Sc3ccc(Cl)cc3)o2)C(=O)N1C(C)C. The lowest BCUT2D eigenvalue weighted by Crippen LogP contribution is -2.35. The zero-order valence-corrected chi connectivity index (χ0v) is 19.9. The molecule has 148 valence electrons. The molecule has 0 spiro atoms. The van der Waals surface area contributed by atoms with Crippen LogP contribution < -0.4 is 0 Å². The van der Waals surface area contributed by atoms with E-state index in [9.17, 15) is 4.79 Å². The Morgan fingerprint density at radius 3 is 2.54 bits per heavy atom. The van der Waals surface area contributed by atoms with Gasteiger partial charge in [-0.05, 0) is 85.7 Å². The minimum absolute atomic E-state index is 0.0428. The van der Waals surface area contributed by atoms with Crippen LogP contribution >= 0.6 is 51.1 Å². The Kier molecular flexibility index (Phi) is 7.02. The number of halogens is 2. The quantitative estimate of drug-likeness (QED) is 0.418. The van der Waals surface area contributed by atoms with E-state index in [0.717, 1.165) is 19.6 Å². The van der Waals surface area contributed by atoms with Gasteiger partial charge in [-0.1, -0.05) is 23.4 Å². The van der Waals surface area contributed by atoms with Gasteiger partial charge in [-0.3, -0.25) is 14.7 Å². The largest absolute Gasteiger partial charge is 0.449 e. The number of amidine groups is 1. The number of aliphatic imine (C=N–C) groups is 1. The van der Waals surface area contributed by atoms with Crippen LogP contribution in [0.3, 0.4) is 0 Å². The number of furan rings is 1. The molecule has 1 aliphatic rings. The van der Waals surface area contributed by atoms with Gasteiger partial charge in [0.05, 0.1) is 9.38 Å². The van der Waals surface area contributed by atoms with Gasteiger partial charge >= 0.3 is 0 Å². The zero-order chi connectivity index (χ0) is 20.4. The Bertz CT molecular complexity index is 936. The first-order valence-corrected chi connectivity index (χ1v) is 11.6. The number of hydrogen-bond donors (Lipinski definition) is 0. The summed E-state index contributed by atoms with van der Waals surface area (Å²) in [4.78, 5) is 20.8. The molecule has 1 aromatic heterocycles. The number of amides is 1. The van der Waals surface area contributed by atoms with Gasteiger partial charge in [0.1, 0.15) is 5.76 Å². The molecule has 1 saturated heterocycles. The van der Waals surface area contributed by atoms with E-state index in [1.165, 1.54) is 23.5 Å². The lowest BCUT2D eigenvalue weighted by molar-refractivity contribution is -0.123. The summed E-state index contributed by atoms with van der Waals surface area (Å²) < 4.78 is 6.79. The number of benzene rings is 1. The molecule has 0 bridgehead atoms. The summed E-state index contributed by atoms with van der Waals surface area (Å²) in [7, 11) is 0. The molecule has 1 aliphatic heterocycles. The molecule has 28 heavy (non-hydrogen) atoms. The second-order valence-corrected chi connectivity index (χ2v) is 10.1. The van der Waals surface area contributed by atoms with Crippen molar-refractivity contribution in [2.24, 2.45) is 4.99 Å². The predicted octanol–water partition coefficient (Wildman–Crippen LogP) is 6.94. The van der Waals surface area contributed by atoms with Crippen molar-refractivity contribution in [1.29, 1.82) is 0 Å². The monoisotopic (exact) mass is 498 g/mol. The summed E-state index contributed by atoms with van der Waals surface area (Å²) in [5, 5.41) is 2.16. The van der Waals surface area contributed by atoms with Crippen LogP contribution in [0.4, 0.5) is 0 Å². The van der Waals surface area contributed by atoms with Gasteiger partial charge < -0.3 is 4.42 Å². The van der Waals surface area contributed by atoms with Crippen LogP contribution in [0.5, 0.6) is 0 Å². The average molecular weight is 500 g/mol. The van der Waals surface area contributed by atoms with Gasteiger partial charge in [0.25, 0.3) is 5.91 Å². The third-order valence-corrected chi connectivity index (χ3v) is 6.79. The van der Waals surface area contributed by atoms with Crippen molar-refractivity contribution in [3.8, 4) is 0 Å². The summed E-state index contributed by atoms with van der Waals surface area (Å²) in [6.45, 7) is 7.98. The maximum absolute atomic E-state index is 12.8. The molecule has 4 nitrogen and oxygen atoms in total.